The second-order valence-electron chi connectivity index (χ2n) is 4.53. The fraction of sp³-hybridized carbons (Fsp3) is 0.200. The Labute approximate surface area is 116 Å². The molecule has 1 aromatic carbocycles. The van der Waals surface area contributed by atoms with Gasteiger partial charge in [-0.15, -0.1) is 0 Å². The van der Waals surface area contributed by atoms with E-state index in [9.17, 15) is 14.7 Å². The molecule has 0 aliphatic carbocycles. The van der Waals surface area contributed by atoms with E-state index < -0.39 is 5.97 Å². The van der Waals surface area contributed by atoms with Crippen molar-refractivity contribution in [1.82, 2.24) is 4.57 Å². The van der Waals surface area contributed by atoms with Crippen LogP contribution in [0, 0.1) is 6.92 Å². The minimum atomic E-state index is -1.08. The third-order valence-electron chi connectivity index (χ3n) is 3.06. The van der Waals surface area contributed by atoms with Gasteiger partial charge < -0.3 is 14.4 Å². The van der Waals surface area contributed by atoms with Gasteiger partial charge in [0.15, 0.2) is 6.29 Å². The van der Waals surface area contributed by atoms with Crippen LogP contribution in [-0.2, 0) is 13.7 Å². The number of aromatic carboxylic acids is 1. The molecule has 0 saturated heterocycles. The maximum Gasteiger partial charge on any atom is 0.352 e. The molecule has 0 aliphatic rings. The quantitative estimate of drug-likeness (QED) is 0.849. The zero-order valence-corrected chi connectivity index (χ0v) is 11.3. The highest BCUT2D eigenvalue weighted by Crippen LogP contribution is 2.18. The summed E-state index contributed by atoms with van der Waals surface area (Å²) in [6.07, 6.45) is 0.628. The summed E-state index contributed by atoms with van der Waals surface area (Å²) in [6.45, 7) is 2.05. The molecule has 0 saturated carbocycles. The lowest BCUT2D eigenvalue weighted by Gasteiger charge is -2.07. The van der Waals surface area contributed by atoms with E-state index in [-0.39, 0.29) is 12.3 Å². The van der Waals surface area contributed by atoms with Crippen molar-refractivity contribution in [3.63, 3.8) is 0 Å². The van der Waals surface area contributed by atoms with E-state index in [0.29, 0.717) is 23.3 Å². The van der Waals surface area contributed by atoms with Crippen molar-refractivity contribution >= 4 is 12.3 Å². The van der Waals surface area contributed by atoms with Gasteiger partial charge in [-0.1, -0.05) is 12.1 Å². The first-order valence-corrected chi connectivity index (χ1v) is 6.09. The van der Waals surface area contributed by atoms with Crippen molar-refractivity contribution in [3.8, 4) is 5.75 Å². The van der Waals surface area contributed by atoms with Gasteiger partial charge in [0.25, 0.3) is 0 Å². The van der Waals surface area contributed by atoms with Crippen LogP contribution in [0.15, 0.2) is 30.3 Å². The molecule has 2 rings (SSSR count). The molecule has 0 unspecified atom stereocenters. The molecule has 0 spiro atoms. The second-order valence-corrected chi connectivity index (χ2v) is 4.53. The number of benzene rings is 1. The number of aromatic nitrogens is 1. The van der Waals surface area contributed by atoms with Crippen molar-refractivity contribution < 1.29 is 19.4 Å². The summed E-state index contributed by atoms with van der Waals surface area (Å²) in [5, 5.41) is 9.20. The van der Waals surface area contributed by atoms with Crippen LogP contribution in [0.2, 0.25) is 0 Å². The van der Waals surface area contributed by atoms with Gasteiger partial charge in [-0.2, -0.15) is 0 Å². The lowest BCUT2D eigenvalue weighted by atomic mass is 10.2. The first-order chi connectivity index (χ1) is 9.52. The van der Waals surface area contributed by atoms with E-state index in [4.69, 9.17) is 4.74 Å². The molecule has 20 heavy (non-hydrogen) atoms. The molecule has 0 amide bonds. The van der Waals surface area contributed by atoms with E-state index in [2.05, 4.69) is 0 Å². The number of aryl methyl sites for hydroxylation is 1. The number of ether oxygens (including phenoxy) is 1. The van der Waals surface area contributed by atoms with Gasteiger partial charge in [0.1, 0.15) is 18.1 Å². The molecule has 1 N–H and O–H groups in total. The van der Waals surface area contributed by atoms with Crippen LogP contribution in [-0.4, -0.2) is 21.9 Å². The molecule has 2 aromatic rings. The number of nitrogens with zero attached hydrogens (tertiary/aromatic N) is 1. The van der Waals surface area contributed by atoms with Crippen molar-refractivity contribution in [2.45, 2.75) is 13.5 Å². The number of carboxylic acid groups (broad SMARTS) is 1. The van der Waals surface area contributed by atoms with Gasteiger partial charge in [-0.3, -0.25) is 4.79 Å². The number of hydrogen-bond donors (Lipinski definition) is 1. The number of rotatable bonds is 5. The minimum Gasteiger partial charge on any atom is -0.489 e. The molecular formula is C15H15NO4. The van der Waals surface area contributed by atoms with Gasteiger partial charge in [-0.25, -0.2) is 4.79 Å². The summed E-state index contributed by atoms with van der Waals surface area (Å²) in [4.78, 5) is 22.1. The zero-order valence-electron chi connectivity index (χ0n) is 11.3. The van der Waals surface area contributed by atoms with Gasteiger partial charge in [0, 0.05) is 12.6 Å². The fourth-order valence-electron chi connectivity index (χ4n) is 2.06. The van der Waals surface area contributed by atoms with Gasteiger partial charge >= 0.3 is 5.97 Å². The Morgan fingerprint density at radius 3 is 2.75 bits per heavy atom. The molecular weight excluding hydrogens is 258 g/mol. The summed E-state index contributed by atoms with van der Waals surface area (Å²) >= 11 is 0. The van der Waals surface area contributed by atoms with Crippen LogP contribution < -0.4 is 4.74 Å². The fourth-order valence-corrected chi connectivity index (χ4v) is 2.06. The summed E-state index contributed by atoms with van der Waals surface area (Å²) in [5.41, 5.74) is 1.91. The summed E-state index contributed by atoms with van der Waals surface area (Å²) < 4.78 is 6.94. The van der Waals surface area contributed by atoms with Crippen molar-refractivity contribution in [1.29, 1.82) is 0 Å². The lowest BCUT2D eigenvalue weighted by Crippen LogP contribution is -2.10. The molecule has 5 nitrogen and oxygen atoms in total. The Kier molecular flexibility index (Phi) is 3.89. The molecule has 1 heterocycles. The summed E-state index contributed by atoms with van der Waals surface area (Å²) in [5.74, 6) is -0.415. The molecule has 1 aromatic heterocycles. The first-order valence-electron chi connectivity index (χ1n) is 6.09. The molecule has 0 fully saturated rings. The molecule has 0 atom stereocenters. The molecule has 0 bridgehead atoms. The van der Waals surface area contributed by atoms with E-state index in [1.807, 2.05) is 25.1 Å². The third-order valence-corrected chi connectivity index (χ3v) is 3.06. The highest BCUT2D eigenvalue weighted by atomic mass is 16.5. The summed E-state index contributed by atoms with van der Waals surface area (Å²) in [6, 6.07) is 9.01. The number of aldehydes is 1. The topological polar surface area (TPSA) is 68.5 Å². The third kappa shape index (κ3) is 2.71. The SMILES string of the molecule is Cc1cccc(OCc2cc(C=O)n(C)c2C(=O)O)c1. The highest BCUT2D eigenvalue weighted by Gasteiger charge is 2.18. The van der Waals surface area contributed by atoms with E-state index in [0.717, 1.165) is 5.56 Å². The predicted molar refractivity (Wildman–Crippen MR) is 73.3 cm³/mol. The van der Waals surface area contributed by atoms with Crippen molar-refractivity contribution in [3.05, 3.63) is 52.8 Å². The maximum absolute atomic E-state index is 11.2. The number of carbonyl (C=O) groups is 2. The average molecular weight is 273 g/mol. The van der Waals surface area contributed by atoms with Crippen molar-refractivity contribution in [2.75, 3.05) is 0 Å². The number of carboxylic acids is 1. The van der Waals surface area contributed by atoms with E-state index in [1.54, 1.807) is 13.1 Å². The van der Waals surface area contributed by atoms with Crippen LogP contribution >= 0.6 is 0 Å². The highest BCUT2D eigenvalue weighted by molar-refractivity contribution is 5.90. The largest absolute Gasteiger partial charge is 0.489 e. The zero-order chi connectivity index (χ0) is 14.7. The Bertz CT molecular complexity index is 658. The smallest absolute Gasteiger partial charge is 0.352 e. The Morgan fingerprint density at radius 1 is 1.40 bits per heavy atom. The summed E-state index contributed by atoms with van der Waals surface area (Å²) in [7, 11) is 1.54. The average Bonchev–Trinajstić information content (AvgIpc) is 2.73. The number of carbonyl (C=O) groups excluding carboxylic acids is 1. The van der Waals surface area contributed by atoms with Crippen LogP contribution in [0.1, 0.15) is 32.1 Å². The maximum atomic E-state index is 11.2. The molecule has 0 aliphatic heterocycles. The minimum absolute atomic E-state index is 0.0692. The Balaban J connectivity index is 2.25. The lowest BCUT2D eigenvalue weighted by molar-refractivity contribution is 0.0683. The molecule has 0 radical (unpaired) electrons. The van der Waals surface area contributed by atoms with Crippen LogP contribution in [0.5, 0.6) is 5.75 Å². The van der Waals surface area contributed by atoms with Gasteiger partial charge in [0.2, 0.25) is 0 Å². The predicted octanol–water partition coefficient (Wildman–Crippen LogP) is 2.42. The molecule has 104 valence electrons. The molecule has 5 heteroatoms. The normalized spacial score (nSPS) is 10.3. The van der Waals surface area contributed by atoms with Crippen LogP contribution in [0.4, 0.5) is 0 Å². The van der Waals surface area contributed by atoms with E-state index >= 15 is 0 Å². The Morgan fingerprint density at radius 2 is 2.15 bits per heavy atom. The number of hydrogen-bond acceptors (Lipinski definition) is 3. The monoisotopic (exact) mass is 273 g/mol. The Hall–Kier alpha value is -2.56. The second kappa shape index (κ2) is 5.61. The van der Waals surface area contributed by atoms with E-state index in [1.165, 1.54) is 10.6 Å². The van der Waals surface area contributed by atoms with Gasteiger partial charge in [-0.05, 0) is 30.7 Å². The van der Waals surface area contributed by atoms with Crippen LogP contribution in [0.25, 0.3) is 0 Å². The standard InChI is InChI=1S/C15H15NO4/c1-10-4-3-5-13(6-10)20-9-11-7-12(8-17)16(2)14(11)15(18)19/h3-8H,9H2,1-2H3,(H,18,19). The first kappa shape index (κ1) is 13.9. The van der Waals surface area contributed by atoms with Crippen molar-refractivity contribution in [2.24, 2.45) is 7.05 Å². The van der Waals surface area contributed by atoms with Crippen LogP contribution in [0.3, 0.4) is 0 Å². The van der Waals surface area contributed by atoms with Gasteiger partial charge in [0.05, 0.1) is 5.69 Å².